The molecule has 3 heterocycles. The lowest BCUT2D eigenvalue weighted by atomic mass is 10.3. The van der Waals surface area contributed by atoms with Gasteiger partial charge in [-0.25, -0.2) is 5.10 Å². The molecule has 10 heteroatoms. The van der Waals surface area contributed by atoms with E-state index in [9.17, 15) is 9.59 Å². The van der Waals surface area contributed by atoms with E-state index in [-0.39, 0.29) is 23.5 Å². The lowest BCUT2D eigenvalue weighted by molar-refractivity contribution is -0.128. The van der Waals surface area contributed by atoms with Crippen molar-refractivity contribution in [3.8, 4) is 0 Å². The molecule has 2 aromatic rings. The SMILES string of the molecule is Nc1nc(SCC(=O)N2CCCN(C(=O)c3ccco3)CC2)n[nH]1. The van der Waals surface area contributed by atoms with Gasteiger partial charge in [-0.3, -0.25) is 9.59 Å². The van der Waals surface area contributed by atoms with Crippen LogP contribution in [-0.2, 0) is 4.79 Å². The van der Waals surface area contributed by atoms with Gasteiger partial charge in [0.1, 0.15) is 0 Å². The Bertz CT molecular complexity index is 701. The first-order valence-electron chi connectivity index (χ1n) is 7.54. The van der Waals surface area contributed by atoms with Crippen LogP contribution in [0.3, 0.4) is 0 Å². The average molecular weight is 350 g/mol. The number of nitrogen functional groups attached to an aromatic ring is 1. The van der Waals surface area contributed by atoms with E-state index in [4.69, 9.17) is 10.2 Å². The number of aromatic amines is 1. The van der Waals surface area contributed by atoms with Gasteiger partial charge in [-0.15, -0.1) is 5.10 Å². The average Bonchev–Trinajstić information content (AvgIpc) is 3.18. The molecule has 2 amide bonds. The van der Waals surface area contributed by atoms with Gasteiger partial charge >= 0.3 is 0 Å². The van der Waals surface area contributed by atoms with Crippen LogP contribution in [0.1, 0.15) is 17.0 Å². The quantitative estimate of drug-likeness (QED) is 0.768. The van der Waals surface area contributed by atoms with E-state index in [1.54, 1.807) is 21.9 Å². The van der Waals surface area contributed by atoms with E-state index in [0.29, 0.717) is 37.1 Å². The highest BCUT2D eigenvalue weighted by molar-refractivity contribution is 7.99. The summed E-state index contributed by atoms with van der Waals surface area (Å²) < 4.78 is 5.15. The lowest BCUT2D eigenvalue weighted by Crippen LogP contribution is -2.38. The molecule has 24 heavy (non-hydrogen) atoms. The number of H-pyrrole nitrogens is 1. The summed E-state index contributed by atoms with van der Waals surface area (Å²) in [5.41, 5.74) is 5.45. The summed E-state index contributed by atoms with van der Waals surface area (Å²) in [4.78, 5) is 32.0. The van der Waals surface area contributed by atoms with E-state index < -0.39 is 0 Å². The smallest absolute Gasteiger partial charge is 0.289 e. The molecule has 1 saturated heterocycles. The Kier molecular flexibility index (Phi) is 5.04. The molecule has 0 aromatic carbocycles. The maximum Gasteiger partial charge on any atom is 0.289 e. The van der Waals surface area contributed by atoms with Crippen LogP contribution in [0.15, 0.2) is 28.0 Å². The van der Waals surface area contributed by atoms with E-state index in [0.717, 1.165) is 6.42 Å². The molecular weight excluding hydrogens is 332 g/mol. The molecule has 0 saturated carbocycles. The first-order chi connectivity index (χ1) is 11.6. The zero-order valence-electron chi connectivity index (χ0n) is 13.0. The molecule has 0 atom stereocenters. The number of furan rings is 1. The third kappa shape index (κ3) is 3.88. The second-order valence-corrected chi connectivity index (χ2v) is 6.24. The fraction of sp³-hybridized carbons (Fsp3) is 0.429. The number of carbonyl (C=O) groups is 2. The fourth-order valence-corrected chi connectivity index (χ4v) is 3.17. The van der Waals surface area contributed by atoms with Crippen LogP contribution in [0.4, 0.5) is 5.95 Å². The van der Waals surface area contributed by atoms with Crippen LogP contribution >= 0.6 is 11.8 Å². The van der Waals surface area contributed by atoms with Gasteiger partial charge in [-0.05, 0) is 18.6 Å². The Morgan fingerprint density at radius 1 is 1.29 bits per heavy atom. The number of amides is 2. The summed E-state index contributed by atoms with van der Waals surface area (Å²) in [6.45, 7) is 2.22. The van der Waals surface area contributed by atoms with Gasteiger partial charge < -0.3 is 20.0 Å². The number of rotatable bonds is 4. The van der Waals surface area contributed by atoms with Crippen molar-refractivity contribution in [3.05, 3.63) is 24.2 Å². The Morgan fingerprint density at radius 3 is 2.79 bits per heavy atom. The zero-order valence-corrected chi connectivity index (χ0v) is 13.8. The number of anilines is 1. The summed E-state index contributed by atoms with van der Waals surface area (Å²) in [5.74, 6) is 0.651. The number of thioether (sulfide) groups is 1. The molecule has 3 N–H and O–H groups in total. The fourth-order valence-electron chi connectivity index (χ4n) is 2.47. The van der Waals surface area contributed by atoms with Gasteiger partial charge in [-0.2, -0.15) is 4.98 Å². The van der Waals surface area contributed by atoms with E-state index >= 15 is 0 Å². The Balaban J connectivity index is 1.51. The molecule has 9 nitrogen and oxygen atoms in total. The number of hydrogen-bond donors (Lipinski definition) is 2. The molecular formula is C14H18N6O3S. The number of aromatic nitrogens is 3. The monoisotopic (exact) mass is 350 g/mol. The number of nitrogens with one attached hydrogen (secondary N) is 1. The number of hydrogen-bond acceptors (Lipinski definition) is 7. The summed E-state index contributed by atoms with van der Waals surface area (Å²) in [6.07, 6.45) is 2.21. The minimum absolute atomic E-state index is 0.00401. The summed E-state index contributed by atoms with van der Waals surface area (Å²) in [5, 5.41) is 6.86. The van der Waals surface area contributed by atoms with E-state index in [1.807, 2.05) is 0 Å². The molecule has 1 fully saturated rings. The maximum atomic E-state index is 12.3. The molecule has 2 aromatic heterocycles. The molecule has 1 aliphatic rings. The van der Waals surface area contributed by atoms with Crippen molar-refractivity contribution in [2.45, 2.75) is 11.6 Å². The summed E-state index contributed by atoms with van der Waals surface area (Å²) in [7, 11) is 0. The van der Waals surface area contributed by atoms with Gasteiger partial charge in [0.15, 0.2) is 5.76 Å². The largest absolute Gasteiger partial charge is 0.459 e. The first-order valence-corrected chi connectivity index (χ1v) is 8.53. The molecule has 0 aliphatic carbocycles. The van der Waals surface area contributed by atoms with Gasteiger partial charge in [-0.1, -0.05) is 11.8 Å². The van der Waals surface area contributed by atoms with Crippen LogP contribution in [0, 0.1) is 0 Å². The standard InChI is InChI=1S/C14H18N6O3S/c15-13-16-14(18-17-13)24-9-11(21)19-4-2-5-20(7-6-19)12(22)10-3-1-8-23-10/h1,3,8H,2,4-7,9H2,(H3,15,16,17,18). The molecule has 128 valence electrons. The Labute approximate surface area is 142 Å². The minimum atomic E-state index is -0.139. The summed E-state index contributed by atoms with van der Waals surface area (Å²) in [6, 6.07) is 3.34. The predicted octanol–water partition coefficient (Wildman–Crippen LogP) is 0.447. The van der Waals surface area contributed by atoms with E-state index in [2.05, 4.69) is 15.2 Å². The van der Waals surface area contributed by atoms with Crippen molar-refractivity contribution in [1.29, 1.82) is 0 Å². The maximum absolute atomic E-state index is 12.3. The third-order valence-corrected chi connectivity index (χ3v) is 4.51. The molecule has 0 radical (unpaired) electrons. The normalized spacial score (nSPS) is 15.3. The van der Waals surface area contributed by atoms with Crippen molar-refractivity contribution >= 4 is 29.5 Å². The number of nitrogens with two attached hydrogens (primary N) is 1. The third-order valence-electron chi connectivity index (χ3n) is 3.67. The van der Waals surface area contributed by atoms with Crippen LogP contribution < -0.4 is 5.73 Å². The van der Waals surface area contributed by atoms with Gasteiger partial charge in [0, 0.05) is 26.2 Å². The van der Waals surface area contributed by atoms with Crippen LogP contribution in [0.25, 0.3) is 0 Å². The van der Waals surface area contributed by atoms with Crippen molar-refractivity contribution in [2.75, 3.05) is 37.7 Å². The molecule has 3 rings (SSSR count). The second-order valence-electron chi connectivity index (χ2n) is 5.30. The van der Waals surface area contributed by atoms with Gasteiger partial charge in [0.2, 0.25) is 17.0 Å². The van der Waals surface area contributed by atoms with Crippen LogP contribution in [-0.4, -0.2) is 68.7 Å². The molecule has 0 spiro atoms. The molecule has 0 unspecified atom stereocenters. The van der Waals surface area contributed by atoms with Gasteiger partial charge in [0.25, 0.3) is 5.91 Å². The van der Waals surface area contributed by atoms with Crippen molar-refractivity contribution in [3.63, 3.8) is 0 Å². The number of carbonyl (C=O) groups excluding carboxylic acids is 2. The van der Waals surface area contributed by atoms with Crippen molar-refractivity contribution < 1.29 is 14.0 Å². The lowest BCUT2D eigenvalue weighted by Gasteiger charge is -2.21. The first kappa shape index (κ1) is 16.4. The van der Waals surface area contributed by atoms with Crippen LogP contribution in [0.2, 0.25) is 0 Å². The van der Waals surface area contributed by atoms with Gasteiger partial charge in [0.05, 0.1) is 12.0 Å². The highest BCUT2D eigenvalue weighted by Gasteiger charge is 2.24. The number of nitrogens with zero attached hydrogens (tertiary/aromatic N) is 4. The minimum Gasteiger partial charge on any atom is -0.459 e. The summed E-state index contributed by atoms with van der Waals surface area (Å²) >= 11 is 1.23. The molecule has 1 aliphatic heterocycles. The Hall–Kier alpha value is -2.49. The van der Waals surface area contributed by atoms with Crippen molar-refractivity contribution in [1.82, 2.24) is 25.0 Å². The Morgan fingerprint density at radius 2 is 2.08 bits per heavy atom. The van der Waals surface area contributed by atoms with Crippen LogP contribution in [0.5, 0.6) is 0 Å². The second kappa shape index (κ2) is 7.39. The van der Waals surface area contributed by atoms with Crippen molar-refractivity contribution in [2.24, 2.45) is 0 Å². The predicted molar refractivity (Wildman–Crippen MR) is 87.3 cm³/mol. The van der Waals surface area contributed by atoms with E-state index in [1.165, 1.54) is 18.0 Å². The molecule has 0 bridgehead atoms. The highest BCUT2D eigenvalue weighted by Crippen LogP contribution is 2.15. The topological polar surface area (TPSA) is 121 Å². The highest BCUT2D eigenvalue weighted by atomic mass is 32.2. The zero-order chi connectivity index (χ0) is 16.9.